The van der Waals surface area contributed by atoms with Crippen molar-refractivity contribution in [1.82, 2.24) is 5.32 Å². The molecule has 3 aliphatic rings. The van der Waals surface area contributed by atoms with E-state index in [0.717, 1.165) is 24.1 Å². The second kappa shape index (κ2) is 8.21. The number of nitrogens with one attached hydrogen (secondary N) is 1. The highest BCUT2D eigenvalue weighted by Gasteiger charge is 2.37. The molecule has 0 unspecified atom stereocenters. The number of carbonyl (C=O) groups excluding carboxylic acids is 2. The predicted octanol–water partition coefficient (Wildman–Crippen LogP) is 3.14. The van der Waals surface area contributed by atoms with Crippen LogP contribution in [0, 0.1) is 11.3 Å². The van der Waals surface area contributed by atoms with E-state index in [1.807, 2.05) is 12.1 Å². The fourth-order valence-corrected chi connectivity index (χ4v) is 4.66. The quantitative estimate of drug-likeness (QED) is 0.737. The largest absolute Gasteiger partial charge is 0.465 e. The van der Waals surface area contributed by atoms with Crippen LogP contribution in [-0.2, 0) is 14.3 Å². The van der Waals surface area contributed by atoms with Crippen molar-refractivity contribution in [2.24, 2.45) is 0 Å². The van der Waals surface area contributed by atoms with E-state index in [1.165, 1.54) is 11.8 Å². The minimum atomic E-state index is -0.497. The zero-order valence-corrected chi connectivity index (χ0v) is 16.8. The molecule has 4 rings (SSSR count). The van der Waals surface area contributed by atoms with Crippen LogP contribution in [0.4, 0.5) is 0 Å². The molecule has 0 saturated carbocycles. The Morgan fingerprint density at radius 1 is 1.34 bits per heavy atom. The summed E-state index contributed by atoms with van der Waals surface area (Å²) in [5, 5.41) is 13.8. The SMILES string of the molecule is CCOC(=O)CSC1=C(C#N)[C@H](c2ccc3c(c2)OCO3)C2=C(CCCC2=O)N1. The first-order valence-corrected chi connectivity index (χ1v) is 10.5. The van der Waals surface area contributed by atoms with Crippen LogP contribution in [0.25, 0.3) is 0 Å². The first-order valence-electron chi connectivity index (χ1n) is 9.47. The number of nitrogens with zero attached hydrogens (tertiary/aromatic N) is 1. The first-order chi connectivity index (χ1) is 14.1. The molecule has 1 N–H and O–H groups in total. The summed E-state index contributed by atoms with van der Waals surface area (Å²) in [5.74, 6) is 0.539. The molecule has 0 bridgehead atoms. The van der Waals surface area contributed by atoms with Gasteiger partial charge < -0.3 is 19.5 Å². The number of ketones is 1. The van der Waals surface area contributed by atoms with Crippen molar-refractivity contribution in [3.8, 4) is 17.6 Å². The van der Waals surface area contributed by atoms with Gasteiger partial charge in [-0.3, -0.25) is 9.59 Å². The van der Waals surface area contributed by atoms with Gasteiger partial charge in [-0.05, 0) is 37.5 Å². The van der Waals surface area contributed by atoms with E-state index in [9.17, 15) is 14.9 Å². The van der Waals surface area contributed by atoms with Crippen LogP contribution in [0.3, 0.4) is 0 Å². The number of rotatable bonds is 5. The minimum Gasteiger partial charge on any atom is -0.465 e. The summed E-state index contributed by atoms with van der Waals surface area (Å²) in [6, 6.07) is 7.76. The Morgan fingerprint density at radius 2 is 2.17 bits per heavy atom. The Hall–Kier alpha value is -2.92. The summed E-state index contributed by atoms with van der Waals surface area (Å²) in [6.07, 6.45) is 1.95. The number of benzene rings is 1. The third-order valence-corrected chi connectivity index (χ3v) is 6.02. The van der Waals surface area contributed by atoms with Gasteiger partial charge in [0.25, 0.3) is 0 Å². The van der Waals surface area contributed by atoms with Crippen molar-refractivity contribution in [3.63, 3.8) is 0 Å². The Kier molecular flexibility index (Phi) is 5.49. The van der Waals surface area contributed by atoms with Gasteiger partial charge in [-0.2, -0.15) is 5.26 Å². The number of dihydropyridines is 1. The van der Waals surface area contributed by atoms with Crippen LogP contribution in [0.15, 0.2) is 40.1 Å². The molecule has 0 spiro atoms. The van der Waals surface area contributed by atoms with Gasteiger partial charge in [-0.25, -0.2) is 0 Å². The number of ether oxygens (including phenoxy) is 3. The van der Waals surface area contributed by atoms with Crippen molar-refractivity contribution in [2.75, 3.05) is 19.2 Å². The van der Waals surface area contributed by atoms with E-state index in [2.05, 4.69) is 11.4 Å². The lowest BCUT2D eigenvalue weighted by atomic mass is 9.77. The molecule has 29 heavy (non-hydrogen) atoms. The number of allylic oxidation sites excluding steroid dienone is 3. The molecule has 0 aromatic heterocycles. The molecule has 150 valence electrons. The third-order valence-electron chi connectivity index (χ3n) is 5.03. The van der Waals surface area contributed by atoms with Gasteiger partial charge >= 0.3 is 5.97 Å². The molecule has 8 heteroatoms. The van der Waals surface area contributed by atoms with Crippen molar-refractivity contribution in [3.05, 3.63) is 45.6 Å². The highest BCUT2D eigenvalue weighted by molar-refractivity contribution is 8.03. The zero-order chi connectivity index (χ0) is 20.4. The lowest BCUT2D eigenvalue weighted by molar-refractivity contribution is -0.139. The lowest BCUT2D eigenvalue weighted by Gasteiger charge is -2.33. The fourth-order valence-electron chi connectivity index (χ4n) is 3.80. The summed E-state index contributed by atoms with van der Waals surface area (Å²) in [5.41, 5.74) is 2.68. The zero-order valence-electron chi connectivity index (χ0n) is 15.9. The number of hydrogen-bond donors (Lipinski definition) is 1. The molecule has 0 fully saturated rings. The van der Waals surface area contributed by atoms with Gasteiger partial charge in [0.15, 0.2) is 17.3 Å². The Morgan fingerprint density at radius 3 is 2.97 bits per heavy atom. The summed E-state index contributed by atoms with van der Waals surface area (Å²) >= 11 is 1.23. The Labute approximate surface area is 172 Å². The summed E-state index contributed by atoms with van der Waals surface area (Å²) in [7, 11) is 0. The second-order valence-corrected chi connectivity index (χ2v) is 7.77. The molecule has 1 atom stereocenters. The average molecular weight is 412 g/mol. The highest BCUT2D eigenvalue weighted by Crippen LogP contribution is 2.46. The van der Waals surface area contributed by atoms with Crippen molar-refractivity contribution < 1.29 is 23.8 Å². The van der Waals surface area contributed by atoms with Crippen LogP contribution < -0.4 is 14.8 Å². The number of hydrogen-bond acceptors (Lipinski definition) is 8. The van der Waals surface area contributed by atoms with Crippen molar-refractivity contribution >= 4 is 23.5 Å². The van der Waals surface area contributed by atoms with E-state index in [1.54, 1.807) is 13.0 Å². The van der Waals surface area contributed by atoms with E-state index in [-0.39, 0.29) is 24.3 Å². The maximum atomic E-state index is 12.8. The number of Topliss-reactive ketones (excluding diaryl/α,β-unsaturated/α-hetero) is 1. The number of nitriles is 1. The molecule has 0 saturated heterocycles. The lowest BCUT2D eigenvalue weighted by Crippen LogP contribution is -2.31. The fraction of sp³-hybridized carbons (Fsp3) is 0.381. The monoisotopic (exact) mass is 412 g/mol. The summed E-state index contributed by atoms with van der Waals surface area (Å²) < 4.78 is 15.9. The normalized spacial score (nSPS) is 20.1. The molecular weight excluding hydrogens is 392 g/mol. The first kappa shape index (κ1) is 19.4. The maximum absolute atomic E-state index is 12.8. The van der Waals surface area contributed by atoms with Gasteiger partial charge in [0.05, 0.1) is 34.9 Å². The van der Waals surface area contributed by atoms with E-state index in [0.29, 0.717) is 40.7 Å². The molecule has 1 aliphatic carbocycles. The smallest absolute Gasteiger partial charge is 0.316 e. The molecule has 2 aliphatic heterocycles. The molecule has 2 heterocycles. The molecular formula is C21H20N2O5S. The highest BCUT2D eigenvalue weighted by atomic mass is 32.2. The van der Waals surface area contributed by atoms with Crippen LogP contribution >= 0.6 is 11.8 Å². The van der Waals surface area contributed by atoms with Crippen LogP contribution in [0.5, 0.6) is 11.5 Å². The maximum Gasteiger partial charge on any atom is 0.316 e. The number of carbonyl (C=O) groups is 2. The average Bonchev–Trinajstić information content (AvgIpc) is 3.19. The van der Waals surface area contributed by atoms with Crippen LogP contribution in [-0.4, -0.2) is 30.9 Å². The van der Waals surface area contributed by atoms with Gasteiger partial charge in [-0.1, -0.05) is 17.8 Å². The molecule has 1 aromatic rings. The van der Waals surface area contributed by atoms with Crippen LogP contribution in [0.2, 0.25) is 0 Å². The van der Waals surface area contributed by atoms with Gasteiger partial charge in [-0.15, -0.1) is 0 Å². The third kappa shape index (κ3) is 3.70. The summed E-state index contributed by atoms with van der Waals surface area (Å²) in [4.78, 5) is 24.6. The van der Waals surface area contributed by atoms with Crippen molar-refractivity contribution in [1.29, 1.82) is 5.26 Å². The number of esters is 1. The van der Waals surface area contributed by atoms with Gasteiger partial charge in [0.1, 0.15) is 0 Å². The number of thioether (sulfide) groups is 1. The molecule has 0 amide bonds. The molecule has 7 nitrogen and oxygen atoms in total. The van der Waals surface area contributed by atoms with Crippen LogP contribution in [0.1, 0.15) is 37.7 Å². The minimum absolute atomic E-state index is 0.0450. The van der Waals surface area contributed by atoms with E-state index in [4.69, 9.17) is 14.2 Å². The molecule has 0 radical (unpaired) electrons. The second-order valence-electron chi connectivity index (χ2n) is 6.79. The van der Waals surface area contributed by atoms with E-state index < -0.39 is 5.92 Å². The Balaban J connectivity index is 1.75. The number of fused-ring (bicyclic) bond motifs is 1. The van der Waals surface area contributed by atoms with Gasteiger partial charge in [0, 0.05) is 17.7 Å². The topological polar surface area (TPSA) is 97.7 Å². The van der Waals surface area contributed by atoms with Gasteiger partial charge in [0.2, 0.25) is 6.79 Å². The molecule has 1 aromatic carbocycles. The van der Waals surface area contributed by atoms with Crippen molar-refractivity contribution in [2.45, 2.75) is 32.1 Å². The van der Waals surface area contributed by atoms with E-state index >= 15 is 0 Å². The predicted molar refractivity (Wildman–Crippen MR) is 106 cm³/mol. The standard InChI is InChI=1S/C21H20N2O5S/c1-2-26-18(25)10-29-21-13(9-22)19(20-14(23-21)4-3-5-15(20)24)12-6-7-16-17(8-12)28-11-27-16/h6-8,19,23H,2-5,10-11H2,1H3/t19-/m0/s1. The Bertz CT molecular complexity index is 976. The summed E-state index contributed by atoms with van der Waals surface area (Å²) in [6.45, 7) is 2.21.